The molecule has 0 aromatic carbocycles. The van der Waals surface area contributed by atoms with E-state index in [1.54, 1.807) is 12.0 Å². The maximum absolute atomic E-state index is 12.4. The molecule has 0 spiro atoms. The molecule has 0 aromatic rings. The van der Waals surface area contributed by atoms with Crippen LogP contribution >= 0.6 is 0 Å². The van der Waals surface area contributed by atoms with Crippen LogP contribution < -0.4 is 0 Å². The van der Waals surface area contributed by atoms with Gasteiger partial charge >= 0.3 is 6.09 Å². The van der Waals surface area contributed by atoms with E-state index in [0.717, 1.165) is 71.2 Å². The lowest BCUT2D eigenvalue weighted by Crippen LogP contribution is -2.46. The second-order valence-corrected chi connectivity index (χ2v) is 10.3. The molecule has 37 heavy (non-hydrogen) atoms. The normalized spacial score (nSPS) is 20.8. The average molecular weight is 533 g/mol. The van der Waals surface area contributed by atoms with Crippen molar-refractivity contribution >= 4 is 6.09 Å². The topological polar surface area (TPSA) is 109 Å². The Morgan fingerprint density at radius 3 is 1.68 bits per heavy atom. The third-order valence-electron chi connectivity index (χ3n) is 7.19. The third kappa shape index (κ3) is 15.9. The Hall–Kier alpha value is -1.01. The predicted octanol–water partition coefficient (Wildman–Crippen LogP) is 1.47. The summed E-state index contributed by atoms with van der Waals surface area (Å²) in [6.07, 6.45) is 4.24. The van der Waals surface area contributed by atoms with Crippen molar-refractivity contribution in [1.82, 2.24) is 19.6 Å². The van der Waals surface area contributed by atoms with E-state index in [0.29, 0.717) is 52.3 Å². The van der Waals surface area contributed by atoms with Crippen molar-refractivity contribution in [3.63, 3.8) is 0 Å². The highest BCUT2D eigenvalue weighted by molar-refractivity contribution is 5.67. The van der Waals surface area contributed by atoms with Gasteiger partial charge in [-0.25, -0.2) is 4.79 Å². The van der Waals surface area contributed by atoms with Gasteiger partial charge in [-0.2, -0.15) is 0 Å². The maximum atomic E-state index is 12.4. The second kappa shape index (κ2) is 20.9. The highest BCUT2D eigenvalue weighted by Gasteiger charge is 2.20. The minimum Gasteiger partial charge on any atom is -0.453 e. The summed E-state index contributed by atoms with van der Waals surface area (Å²) in [7, 11) is 3.11. The number of aliphatic hydroxyl groups excluding tert-OH is 3. The molecule has 220 valence electrons. The van der Waals surface area contributed by atoms with Crippen molar-refractivity contribution < 1.29 is 29.6 Å². The molecular weight excluding hydrogens is 476 g/mol. The first-order valence-corrected chi connectivity index (χ1v) is 14.4. The van der Waals surface area contributed by atoms with Gasteiger partial charge in [-0.15, -0.1) is 0 Å². The molecule has 1 aliphatic rings. The molecule has 10 heteroatoms. The van der Waals surface area contributed by atoms with E-state index in [1.165, 1.54) is 7.11 Å². The molecule has 1 saturated heterocycles. The number of ether oxygens (including phenoxy) is 2. The Labute approximate surface area is 225 Å². The van der Waals surface area contributed by atoms with Gasteiger partial charge in [0.15, 0.2) is 0 Å². The predicted molar refractivity (Wildman–Crippen MR) is 147 cm³/mol. The van der Waals surface area contributed by atoms with E-state index < -0.39 is 12.2 Å². The Bertz CT molecular complexity index is 573. The van der Waals surface area contributed by atoms with E-state index in [9.17, 15) is 20.1 Å². The first kappa shape index (κ1) is 34.0. The standard InChI is InChI=1S/C27H56N4O6/c1-5-24(32)21-28-12-9-13-30(22-25(33)6-2)18-19-31(27(35)37-4)15-10-14-29(17-16-28)23-26(34)11-7-8-20-36-3/h24-26,32-34H,5-23H2,1-4H3. The van der Waals surface area contributed by atoms with Gasteiger partial charge in [0.25, 0.3) is 0 Å². The van der Waals surface area contributed by atoms with Crippen molar-refractivity contribution in [3.05, 3.63) is 0 Å². The van der Waals surface area contributed by atoms with E-state index in [2.05, 4.69) is 14.7 Å². The van der Waals surface area contributed by atoms with E-state index >= 15 is 0 Å². The van der Waals surface area contributed by atoms with Crippen molar-refractivity contribution in [3.8, 4) is 0 Å². The molecule has 0 saturated carbocycles. The Kier molecular flexibility index (Phi) is 19.2. The number of hydrogen-bond donors (Lipinski definition) is 3. The zero-order valence-corrected chi connectivity index (χ0v) is 24.0. The van der Waals surface area contributed by atoms with Crippen LogP contribution in [-0.2, 0) is 9.47 Å². The SMILES string of the molecule is CCC(O)CN1CCCN(CC(O)CC)CCN(C(=O)OC)CCCN(CC(O)CCCCOC)CC1. The molecule has 0 aliphatic carbocycles. The summed E-state index contributed by atoms with van der Waals surface area (Å²) >= 11 is 0. The molecule has 3 N–H and O–H groups in total. The van der Waals surface area contributed by atoms with Gasteiger partial charge < -0.3 is 29.7 Å². The smallest absolute Gasteiger partial charge is 0.409 e. The highest BCUT2D eigenvalue weighted by atomic mass is 16.5. The minimum absolute atomic E-state index is 0.326. The fraction of sp³-hybridized carbons (Fsp3) is 0.963. The van der Waals surface area contributed by atoms with Crippen LogP contribution in [0, 0.1) is 0 Å². The quantitative estimate of drug-likeness (QED) is 0.304. The molecule has 0 bridgehead atoms. The molecule has 3 unspecified atom stereocenters. The van der Waals surface area contributed by atoms with Gasteiger partial charge in [0.1, 0.15) is 0 Å². The number of methoxy groups -OCH3 is 2. The third-order valence-corrected chi connectivity index (χ3v) is 7.19. The first-order valence-electron chi connectivity index (χ1n) is 14.4. The molecule has 1 heterocycles. The number of unbranched alkanes of at least 4 members (excludes halogenated alkanes) is 1. The number of rotatable bonds is 13. The lowest BCUT2D eigenvalue weighted by molar-refractivity contribution is 0.0663. The molecule has 1 amide bonds. The fourth-order valence-electron chi connectivity index (χ4n) is 4.72. The van der Waals surface area contributed by atoms with E-state index in [1.807, 2.05) is 13.8 Å². The monoisotopic (exact) mass is 532 g/mol. The molecule has 1 fully saturated rings. The Morgan fingerprint density at radius 1 is 0.703 bits per heavy atom. The summed E-state index contributed by atoms with van der Waals surface area (Å²) in [5.74, 6) is 0. The maximum Gasteiger partial charge on any atom is 0.409 e. The number of hydrogen-bond acceptors (Lipinski definition) is 9. The molecule has 3 atom stereocenters. The summed E-state index contributed by atoms with van der Waals surface area (Å²) in [5.41, 5.74) is 0. The van der Waals surface area contributed by atoms with Gasteiger partial charge in [-0.05, 0) is 64.6 Å². The van der Waals surface area contributed by atoms with Crippen LogP contribution in [0.1, 0.15) is 58.8 Å². The average Bonchev–Trinajstić information content (AvgIpc) is 2.89. The summed E-state index contributed by atoms with van der Waals surface area (Å²) in [6, 6.07) is 0. The number of amides is 1. The van der Waals surface area contributed by atoms with Crippen LogP contribution in [0.15, 0.2) is 0 Å². The van der Waals surface area contributed by atoms with Crippen molar-refractivity contribution in [2.75, 3.05) is 92.8 Å². The molecule has 0 aromatic heterocycles. The lowest BCUT2D eigenvalue weighted by Gasteiger charge is -2.33. The fourth-order valence-corrected chi connectivity index (χ4v) is 4.72. The van der Waals surface area contributed by atoms with Crippen LogP contribution in [0.4, 0.5) is 4.79 Å². The number of carbonyl (C=O) groups excluding carboxylic acids is 1. The van der Waals surface area contributed by atoms with Gasteiger partial charge in [-0.1, -0.05) is 13.8 Å². The summed E-state index contributed by atoms with van der Waals surface area (Å²) in [6.45, 7) is 12.3. The molecule has 1 rings (SSSR count). The van der Waals surface area contributed by atoms with Gasteiger partial charge in [0, 0.05) is 66.1 Å². The summed E-state index contributed by atoms with van der Waals surface area (Å²) < 4.78 is 10.2. The van der Waals surface area contributed by atoms with Crippen molar-refractivity contribution in [1.29, 1.82) is 0 Å². The van der Waals surface area contributed by atoms with Gasteiger partial charge in [0.05, 0.1) is 25.4 Å². The van der Waals surface area contributed by atoms with Crippen molar-refractivity contribution in [2.24, 2.45) is 0 Å². The highest BCUT2D eigenvalue weighted by Crippen LogP contribution is 2.09. The van der Waals surface area contributed by atoms with Crippen LogP contribution in [-0.4, -0.2) is 152 Å². The molecule has 0 radical (unpaired) electrons. The van der Waals surface area contributed by atoms with E-state index in [4.69, 9.17) is 9.47 Å². The van der Waals surface area contributed by atoms with Crippen LogP contribution in [0.25, 0.3) is 0 Å². The Balaban J connectivity index is 2.91. The largest absolute Gasteiger partial charge is 0.453 e. The second-order valence-electron chi connectivity index (χ2n) is 10.3. The van der Waals surface area contributed by atoms with E-state index in [-0.39, 0.29) is 12.2 Å². The first-order chi connectivity index (χ1) is 17.8. The molecule has 10 nitrogen and oxygen atoms in total. The zero-order valence-electron chi connectivity index (χ0n) is 24.0. The van der Waals surface area contributed by atoms with Gasteiger partial charge in [-0.3, -0.25) is 14.7 Å². The van der Waals surface area contributed by atoms with Crippen LogP contribution in [0.5, 0.6) is 0 Å². The minimum atomic E-state index is -0.402. The molecule has 1 aliphatic heterocycles. The number of carbonyl (C=O) groups is 1. The van der Waals surface area contributed by atoms with Crippen molar-refractivity contribution in [2.45, 2.75) is 77.1 Å². The number of aliphatic hydroxyl groups is 3. The number of β-amino-alcohol motifs (C(OH)–C–C–N with tert-alkyl or cyclic N) is 3. The van der Waals surface area contributed by atoms with Crippen LogP contribution in [0.2, 0.25) is 0 Å². The summed E-state index contributed by atoms with van der Waals surface area (Å²) in [5, 5.41) is 31.3. The van der Waals surface area contributed by atoms with Gasteiger partial charge in [0.2, 0.25) is 0 Å². The van der Waals surface area contributed by atoms with Crippen LogP contribution in [0.3, 0.4) is 0 Å². The lowest BCUT2D eigenvalue weighted by atomic mass is 10.1. The molecular formula is C27H56N4O6. The zero-order chi connectivity index (χ0) is 27.5. The summed E-state index contributed by atoms with van der Waals surface area (Å²) in [4.78, 5) is 21.0. The number of nitrogens with zero attached hydrogens (tertiary/aromatic N) is 4. The Morgan fingerprint density at radius 2 is 1.19 bits per heavy atom.